The second-order valence-electron chi connectivity index (χ2n) is 3.82. The molecule has 2 rings (SSSR count). The van der Waals surface area contributed by atoms with E-state index in [1.807, 2.05) is 11.3 Å². The van der Waals surface area contributed by atoms with Crippen molar-refractivity contribution in [1.82, 2.24) is 5.32 Å². The van der Waals surface area contributed by atoms with Crippen LogP contribution in [0.25, 0.3) is 0 Å². The third-order valence-corrected chi connectivity index (χ3v) is 3.44. The second kappa shape index (κ2) is 3.19. The first kappa shape index (κ1) is 8.27. The van der Waals surface area contributed by atoms with Crippen molar-refractivity contribution >= 4 is 11.3 Å². The van der Waals surface area contributed by atoms with Crippen molar-refractivity contribution in [3.63, 3.8) is 0 Å². The molecule has 0 aliphatic heterocycles. The van der Waals surface area contributed by atoms with E-state index < -0.39 is 0 Å². The van der Waals surface area contributed by atoms with Crippen molar-refractivity contribution in [3.05, 3.63) is 22.4 Å². The molecule has 1 aliphatic rings. The van der Waals surface area contributed by atoms with Gasteiger partial charge in [-0.15, -0.1) is 11.3 Å². The average molecular weight is 181 g/mol. The van der Waals surface area contributed by atoms with Crippen molar-refractivity contribution < 1.29 is 0 Å². The highest BCUT2D eigenvalue weighted by Gasteiger charge is 2.35. The van der Waals surface area contributed by atoms with Crippen LogP contribution in [-0.2, 0) is 6.42 Å². The van der Waals surface area contributed by atoms with Crippen molar-refractivity contribution in [3.8, 4) is 0 Å². The SMILES string of the molecule is CC1(NCCc2cccs2)CC1. The average Bonchev–Trinajstić information content (AvgIpc) is 2.61. The van der Waals surface area contributed by atoms with Gasteiger partial charge in [-0.1, -0.05) is 6.07 Å². The second-order valence-corrected chi connectivity index (χ2v) is 4.85. The van der Waals surface area contributed by atoms with Crippen LogP contribution in [0.1, 0.15) is 24.6 Å². The first-order valence-corrected chi connectivity index (χ1v) is 5.44. The fraction of sp³-hybridized carbons (Fsp3) is 0.600. The van der Waals surface area contributed by atoms with E-state index in [4.69, 9.17) is 0 Å². The van der Waals surface area contributed by atoms with E-state index in [0.29, 0.717) is 5.54 Å². The summed E-state index contributed by atoms with van der Waals surface area (Å²) >= 11 is 1.85. The topological polar surface area (TPSA) is 12.0 Å². The van der Waals surface area contributed by atoms with E-state index in [2.05, 4.69) is 29.8 Å². The lowest BCUT2D eigenvalue weighted by Gasteiger charge is -2.09. The molecule has 66 valence electrons. The maximum absolute atomic E-state index is 3.58. The van der Waals surface area contributed by atoms with Gasteiger partial charge >= 0.3 is 0 Å². The minimum Gasteiger partial charge on any atom is -0.311 e. The molecule has 0 bridgehead atoms. The first-order valence-electron chi connectivity index (χ1n) is 4.56. The molecule has 0 unspecified atom stereocenters. The minimum absolute atomic E-state index is 0.497. The van der Waals surface area contributed by atoms with Gasteiger partial charge in [0.25, 0.3) is 0 Å². The van der Waals surface area contributed by atoms with Crippen LogP contribution in [0.15, 0.2) is 17.5 Å². The molecule has 0 aromatic carbocycles. The summed E-state index contributed by atoms with van der Waals surface area (Å²) < 4.78 is 0. The van der Waals surface area contributed by atoms with Crippen LogP contribution < -0.4 is 5.32 Å². The third-order valence-electron chi connectivity index (χ3n) is 2.50. The molecule has 1 saturated carbocycles. The van der Waals surface area contributed by atoms with Crippen LogP contribution in [0.4, 0.5) is 0 Å². The first-order chi connectivity index (χ1) is 5.79. The van der Waals surface area contributed by atoms with Crippen LogP contribution >= 0.6 is 11.3 Å². The summed E-state index contributed by atoms with van der Waals surface area (Å²) in [6.45, 7) is 3.44. The van der Waals surface area contributed by atoms with Gasteiger partial charge in [0.05, 0.1) is 0 Å². The lowest BCUT2D eigenvalue weighted by atomic mass is 10.3. The molecule has 1 heterocycles. The van der Waals surface area contributed by atoms with Gasteiger partial charge in [-0.05, 0) is 37.6 Å². The molecule has 1 fully saturated rings. The molecule has 12 heavy (non-hydrogen) atoms. The van der Waals surface area contributed by atoms with Gasteiger partial charge in [-0.2, -0.15) is 0 Å². The molecule has 0 spiro atoms. The molecule has 0 saturated heterocycles. The van der Waals surface area contributed by atoms with E-state index in [1.165, 1.54) is 24.1 Å². The standard InChI is InChI=1S/C10H15NS/c1-10(5-6-10)11-7-4-9-3-2-8-12-9/h2-3,8,11H,4-7H2,1H3. The van der Waals surface area contributed by atoms with E-state index >= 15 is 0 Å². The summed E-state index contributed by atoms with van der Waals surface area (Å²) in [4.78, 5) is 1.49. The molecular weight excluding hydrogens is 166 g/mol. The third kappa shape index (κ3) is 2.08. The number of thiophene rings is 1. The molecule has 1 aromatic rings. The highest BCUT2D eigenvalue weighted by Crippen LogP contribution is 2.34. The Morgan fingerprint density at radius 1 is 1.58 bits per heavy atom. The Labute approximate surface area is 77.8 Å². The lowest BCUT2D eigenvalue weighted by Crippen LogP contribution is -2.29. The Kier molecular flexibility index (Phi) is 2.20. The van der Waals surface area contributed by atoms with Gasteiger partial charge in [-0.3, -0.25) is 0 Å². The summed E-state index contributed by atoms with van der Waals surface area (Å²) in [5.74, 6) is 0. The number of nitrogens with one attached hydrogen (secondary N) is 1. The Hall–Kier alpha value is -0.340. The van der Waals surface area contributed by atoms with Gasteiger partial charge in [-0.25, -0.2) is 0 Å². The zero-order valence-corrected chi connectivity index (χ0v) is 8.29. The molecule has 0 atom stereocenters. The van der Waals surface area contributed by atoms with Crippen LogP contribution in [0, 0.1) is 0 Å². The zero-order chi connectivity index (χ0) is 8.44. The normalized spacial score (nSPS) is 19.4. The molecule has 0 radical (unpaired) electrons. The van der Waals surface area contributed by atoms with Crippen LogP contribution in [0.5, 0.6) is 0 Å². The largest absolute Gasteiger partial charge is 0.311 e. The predicted octanol–water partition coefficient (Wildman–Crippen LogP) is 2.43. The van der Waals surface area contributed by atoms with E-state index in [0.717, 1.165) is 6.54 Å². The monoisotopic (exact) mass is 181 g/mol. The summed E-state index contributed by atoms with van der Waals surface area (Å²) in [5, 5.41) is 5.72. The van der Waals surface area contributed by atoms with Gasteiger partial charge in [0.1, 0.15) is 0 Å². The summed E-state index contributed by atoms with van der Waals surface area (Å²) in [7, 11) is 0. The molecule has 1 aliphatic carbocycles. The molecule has 1 N–H and O–H groups in total. The summed E-state index contributed by atoms with van der Waals surface area (Å²) in [6, 6.07) is 4.33. The van der Waals surface area contributed by atoms with Crippen LogP contribution in [0.2, 0.25) is 0 Å². The fourth-order valence-corrected chi connectivity index (χ4v) is 2.02. The molecule has 0 amide bonds. The number of hydrogen-bond donors (Lipinski definition) is 1. The van der Waals surface area contributed by atoms with Crippen molar-refractivity contribution in [2.45, 2.75) is 31.7 Å². The summed E-state index contributed by atoms with van der Waals surface area (Å²) in [6.07, 6.45) is 3.90. The quantitative estimate of drug-likeness (QED) is 0.752. The minimum atomic E-state index is 0.497. The Morgan fingerprint density at radius 3 is 3.00 bits per heavy atom. The predicted molar refractivity (Wildman–Crippen MR) is 53.7 cm³/mol. The summed E-state index contributed by atoms with van der Waals surface area (Å²) in [5.41, 5.74) is 0.497. The van der Waals surface area contributed by atoms with E-state index in [1.54, 1.807) is 0 Å². The fourth-order valence-electron chi connectivity index (χ4n) is 1.31. The van der Waals surface area contributed by atoms with Gasteiger partial charge in [0, 0.05) is 17.0 Å². The lowest BCUT2D eigenvalue weighted by molar-refractivity contribution is 0.543. The maximum atomic E-state index is 3.58. The Morgan fingerprint density at radius 2 is 2.42 bits per heavy atom. The Balaban J connectivity index is 1.69. The van der Waals surface area contributed by atoms with E-state index in [-0.39, 0.29) is 0 Å². The zero-order valence-electron chi connectivity index (χ0n) is 7.47. The van der Waals surface area contributed by atoms with Crippen molar-refractivity contribution in [1.29, 1.82) is 0 Å². The molecule has 1 nitrogen and oxygen atoms in total. The smallest absolute Gasteiger partial charge is 0.0154 e. The van der Waals surface area contributed by atoms with Gasteiger partial charge in [0.15, 0.2) is 0 Å². The Bertz CT molecular complexity index is 236. The van der Waals surface area contributed by atoms with E-state index in [9.17, 15) is 0 Å². The highest BCUT2D eigenvalue weighted by molar-refractivity contribution is 7.09. The van der Waals surface area contributed by atoms with Crippen molar-refractivity contribution in [2.75, 3.05) is 6.54 Å². The van der Waals surface area contributed by atoms with Crippen LogP contribution in [0.3, 0.4) is 0 Å². The van der Waals surface area contributed by atoms with Crippen LogP contribution in [-0.4, -0.2) is 12.1 Å². The van der Waals surface area contributed by atoms with Gasteiger partial charge < -0.3 is 5.32 Å². The number of hydrogen-bond acceptors (Lipinski definition) is 2. The number of rotatable bonds is 4. The molecular formula is C10H15NS. The highest BCUT2D eigenvalue weighted by atomic mass is 32.1. The maximum Gasteiger partial charge on any atom is 0.0154 e. The van der Waals surface area contributed by atoms with Gasteiger partial charge in [0.2, 0.25) is 0 Å². The van der Waals surface area contributed by atoms with Crippen molar-refractivity contribution in [2.24, 2.45) is 0 Å². The molecule has 2 heteroatoms. The molecule has 1 aromatic heterocycles.